The van der Waals surface area contributed by atoms with E-state index in [0.717, 1.165) is 67.0 Å². The number of likely N-dealkylation sites (N-methyl/N-ethyl adjacent to an activating group) is 2. The van der Waals surface area contributed by atoms with Gasteiger partial charge in [-0.15, -0.1) is 0 Å². The van der Waals surface area contributed by atoms with Gasteiger partial charge in [0.2, 0.25) is 5.95 Å². The van der Waals surface area contributed by atoms with Gasteiger partial charge in [0.1, 0.15) is 5.75 Å². The van der Waals surface area contributed by atoms with Gasteiger partial charge >= 0.3 is 0 Å². The summed E-state index contributed by atoms with van der Waals surface area (Å²) < 4.78 is 8.18. The highest BCUT2D eigenvalue weighted by molar-refractivity contribution is 6.13. The van der Waals surface area contributed by atoms with Crippen LogP contribution in [0.15, 0.2) is 53.8 Å². The summed E-state index contributed by atoms with van der Waals surface area (Å²) in [6.07, 6.45) is 11.4. The normalized spacial score (nSPS) is 14.0. The van der Waals surface area contributed by atoms with Gasteiger partial charge < -0.3 is 30.2 Å². The van der Waals surface area contributed by atoms with Crippen LogP contribution in [0.5, 0.6) is 5.75 Å². The molecule has 2 aromatic heterocycles. The average molecular weight is 595 g/mol. The summed E-state index contributed by atoms with van der Waals surface area (Å²) >= 11 is 0. The maximum absolute atomic E-state index is 6.56. The van der Waals surface area contributed by atoms with Gasteiger partial charge in [-0.05, 0) is 64.4 Å². The average Bonchev–Trinajstić information content (AvgIpc) is 3.40. The van der Waals surface area contributed by atoms with Gasteiger partial charge in [-0.25, -0.2) is 9.97 Å². The third-order valence-electron chi connectivity index (χ3n) is 8.44. The van der Waals surface area contributed by atoms with Gasteiger partial charge in [0.05, 0.1) is 35.4 Å². The lowest BCUT2D eigenvalue weighted by atomic mass is 9.98. The predicted molar refractivity (Wildman–Crippen MR) is 186 cm³/mol. The molecular formula is C35H46N8O. The van der Waals surface area contributed by atoms with Crippen LogP contribution >= 0.6 is 0 Å². The fraction of sp³-hybridized carbons (Fsp3) is 0.400. The Labute approximate surface area is 261 Å². The van der Waals surface area contributed by atoms with E-state index < -0.39 is 0 Å². The lowest BCUT2D eigenvalue weighted by molar-refractivity contribution is 0.413. The molecule has 0 amide bonds. The van der Waals surface area contributed by atoms with Crippen LogP contribution in [0, 0.1) is 0 Å². The number of aryl methyl sites for hydroxylation is 2. The fourth-order valence-electron chi connectivity index (χ4n) is 5.69. The molecule has 0 saturated carbocycles. The molecule has 9 heteroatoms. The van der Waals surface area contributed by atoms with Crippen LogP contribution in [0.25, 0.3) is 27.7 Å². The molecule has 1 unspecified atom stereocenters. The number of allylic oxidation sites excluding steroid dienone is 2. The van der Waals surface area contributed by atoms with Crippen LogP contribution in [0.1, 0.15) is 44.7 Å². The van der Waals surface area contributed by atoms with Crippen LogP contribution in [-0.4, -0.2) is 73.0 Å². The van der Waals surface area contributed by atoms with E-state index in [0.29, 0.717) is 23.1 Å². The van der Waals surface area contributed by atoms with E-state index in [-0.39, 0.29) is 6.04 Å². The fourth-order valence-corrected chi connectivity index (χ4v) is 5.69. The number of nitrogens with two attached hydrogens (primary N) is 1. The molecule has 44 heavy (non-hydrogen) atoms. The number of benzene rings is 2. The molecule has 5 rings (SSSR count). The summed E-state index contributed by atoms with van der Waals surface area (Å²) in [6.45, 7) is 9.06. The Hall–Kier alpha value is -4.37. The number of rotatable bonds is 12. The monoisotopic (exact) mass is 594 g/mol. The van der Waals surface area contributed by atoms with Crippen molar-refractivity contribution >= 4 is 45.7 Å². The summed E-state index contributed by atoms with van der Waals surface area (Å²) in [6, 6.07) is 10.7. The summed E-state index contributed by atoms with van der Waals surface area (Å²) in [5.41, 5.74) is 15.4. The van der Waals surface area contributed by atoms with Crippen LogP contribution in [0.3, 0.4) is 0 Å². The summed E-state index contributed by atoms with van der Waals surface area (Å²) in [5.74, 6) is 1.14. The molecule has 0 aliphatic carbocycles. The minimum absolute atomic E-state index is 0.233. The number of hydrogen-bond acceptors (Lipinski definition) is 8. The van der Waals surface area contributed by atoms with Crippen molar-refractivity contribution in [3.63, 3.8) is 0 Å². The molecule has 1 aliphatic heterocycles. The Balaban J connectivity index is 1.59. The molecular weight excluding hydrogens is 548 g/mol. The zero-order valence-corrected chi connectivity index (χ0v) is 27.2. The third kappa shape index (κ3) is 6.43. The molecule has 9 nitrogen and oxygen atoms in total. The first-order valence-electron chi connectivity index (χ1n) is 15.5. The Kier molecular flexibility index (Phi) is 9.54. The number of nitrogens with zero attached hydrogens (tertiary/aromatic N) is 6. The number of methoxy groups -OCH3 is 1. The van der Waals surface area contributed by atoms with Crippen LogP contribution in [0.4, 0.5) is 23.0 Å². The van der Waals surface area contributed by atoms with Crippen molar-refractivity contribution in [3.8, 4) is 17.0 Å². The number of aliphatic imine (C=N–C) groups is 1. The van der Waals surface area contributed by atoms with Gasteiger partial charge in [-0.3, -0.25) is 4.99 Å². The summed E-state index contributed by atoms with van der Waals surface area (Å²) in [5, 5.41) is 4.62. The second kappa shape index (κ2) is 13.5. The number of nitrogens with one attached hydrogen (secondary N) is 1. The SMILES string of the molecule is CC=C(C=NC(C)CC)c1cnc(Nc2cc(N)c(N(C)CCN(C)C)cc2OC)nc1-c1cn2c3c(cccc13)CCC2. The lowest BCUT2D eigenvalue weighted by Gasteiger charge is -2.24. The van der Waals surface area contributed by atoms with E-state index in [2.05, 4.69) is 78.1 Å². The standard InChI is InChI=1S/C35H46N8O/c1-8-23(3)37-20-24(9-2)27-21-38-35(39-30-18-29(36)31(19-32(30)44-7)42(6)17-16-41(4)5)40-33(27)28-22-43-15-11-13-25-12-10-14-26(28)34(25)43/h9-10,12,14,18-23H,8,11,13,15-17,36H2,1-7H3,(H,38,39,40). The highest BCUT2D eigenvalue weighted by atomic mass is 16.5. The van der Waals surface area contributed by atoms with Crippen molar-refractivity contribution in [1.82, 2.24) is 19.4 Å². The van der Waals surface area contributed by atoms with Crippen LogP contribution < -0.4 is 20.7 Å². The second-order valence-electron chi connectivity index (χ2n) is 11.8. The van der Waals surface area contributed by atoms with E-state index in [1.54, 1.807) is 7.11 Å². The highest BCUT2D eigenvalue weighted by Crippen LogP contribution is 2.39. The molecule has 1 atom stereocenters. The molecule has 0 radical (unpaired) electrons. The first kappa shape index (κ1) is 31.1. The molecule has 4 aromatic rings. The maximum Gasteiger partial charge on any atom is 0.227 e. The summed E-state index contributed by atoms with van der Waals surface area (Å²) in [4.78, 5) is 19.0. The van der Waals surface area contributed by atoms with Crippen molar-refractivity contribution < 1.29 is 4.74 Å². The molecule has 232 valence electrons. The zero-order valence-electron chi connectivity index (χ0n) is 27.2. The van der Waals surface area contributed by atoms with Crippen molar-refractivity contribution in [2.45, 2.75) is 52.6 Å². The third-order valence-corrected chi connectivity index (χ3v) is 8.44. The molecule has 0 fully saturated rings. The van der Waals surface area contributed by atoms with Crippen LogP contribution in [0.2, 0.25) is 0 Å². The molecule has 0 bridgehead atoms. The van der Waals surface area contributed by atoms with Gasteiger partial charge in [-0.1, -0.05) is 31.2 Å². The molecule has 0 saturated heterocycles. The summed E-state index contributed by atoms with van der Waals surface area (Å²) in [7, 11) is 7.83. The van der Waals surface area contributed by atoms with E-state index in [4.69, 9.17) is 25.4 Å². The van der Waals surface area contributed by atoms with Crippen molar-refractivity contribution in [2.24, 2.45) is 4.99 Å². The molecule has 1 aliphatic rings. The highest BCUT2D eigenvalue weighted by Gasteiger charge is 2.22. The Bertz CT molecular complexity index is 1690. The van der Waals surface area contributed by atoms with Gasteiger partial charge in [0.25, 0.3) is 0 Å². The molecule has 3 heterocycles. The Morgan fingerprint density at radius 1 is 1.23 bits per heavy atom. The quantitative estimate of drug-likeness (QED) is 0.140. The van der Waals surface area contributed by atoms with E-state index >= 15 is 0 Å². The second-order valence-corrected chi connectivity index (χ2v) is 11.8. The largest absolute Gasteiger partial charge is 0.494 e. The number of ether oxygens (including phenoxy) is 1. The predicted octanol–water partition coefficient (Wildman–Crippen LogP) is 6.65. The number of para-hydroxylation sites is 1. The van der Waals surface area contributed by atoms with Crippen molar-refractivity contribution in [1.29, 1.82) is 0 Å². The van der Waals surface area contributed by atoms with E-state index in [1.165, 1.54) is 16.5 Å². The minimum Gasteiger partial charge on any atom is -0.494 e. The topological polar surface area (TPSA) is 96.8 Å². The maximum atomic E-state index is 6.56. The van der Waals surface area contributed by atoms with Crippen molar-refractivity contribution in [2.75, 3.05) is 57.3 Å². The van der Waals surface area contributed by atoms with Gasteiger partial charge in [0.15, 0.2) is 0 Å². The zero-order chi connectivity index (χ0) is 31.4. The number of hydrogen-bond donors (Lipinski definition) is 2. The van der Waals surface area contributed by atoms with Gasteiger partial charge in [-0.2, -0.15) is 0 Å². The lowest BCUT2D eigenvalue weighted by Crippen LogP contribution is -2.29. The van der Waals surface area contributed by atoms with Crippen LogP contribution in [-0.2, 0) is 13.0 Å². The Morgan fingerprint density at radius 3 is 2.77 bits per heavy atom. The molecule has 3 N–H and O–H groups in total. The smallest absolute Gasteiger partial charge is 0.227 e. The van der Waals surface area contributed by atoms with E-state index in [1.807, 2.05) is 38.5 Å². The van der Waals surface area contributed by atoms with E-state index in [9.17, 15) is 0 Å². The number of anilines is 4. The van der Waals surface area contributed by atoms with Gasteiger partial charge in [0, 0.05) is 73.9 Å². The first-order chi connectivity index (χ1) is 21.2. The minimum atomic E-state index is 0.233. The number of aromatic nitrogens is 3. The van der Waals surface area contributed by atoms with Crippen molar-refractivity contribution in [3.05, 3.63) is 59.9 Å². The molecule has 0 spiro atoms. The number of nitrogen functional groups attached to an aromatic ring is 1. The molecule has 2 aromatic carbocycles. The first-order valence-corrected chi connectivity index (χ1v) is 15.5. The Morgan fingerprint density at radius 2 is 2.05 bits per heavy atom.